The van der Waals surface area contributed by atoms with E-state index < -0.39 is 21.7 Å². The molecule has 1 heterocycles. The Balaban J connectivity index is 1.95. The highest BCUT2D eigenvalue weighted by atomic mass is 35.5. The van der Waals surface area contributed by atoms with Crippen LogP contribution in [-0.2, 0) is 14.8 Å². The third-order valence-electron chi connectivity index (χ3n) is 3.63. The largest absolute Gasteiger partial charge is 0.444 e. The van der Waals surface area contributed by atoms with Crippen molar-refractivity contribution in [1.29, 1.82) is 0 Å². The van der Waals surface area contributed by atoms with Gasteiger partial charge in [0, 0.05) is 19.1 Å². The van der Waals surface area contributed by atoms with Crippen LogP contribution in [0.3, 0.4) is 0 Å². The highest BCUT2D eigenvalue weighted by molar-refractivity contribution is 7.89. The highest BCUT2D eigenvalue weighted by Gasteiger charge is 2.31. The second-order valence-corrected chi connectivity index (χ2v) is 9.07. The molecule has 1 aliphatic rings. The summed E-state index contributed by atoms with van der Waals surface area (Å²) >= 11 is 6.01. The van der Waals surface area contributed by atoms with E-state index in [0.717, 1.165) is 0 Å². The van der Waals surface area contributed by atoms with Gasteiger partial charge >= 0.3 is 6.09 Å². The molecule has 24 heavy (non-hydrogen) atoms. The Morgan fingerprint density at radius 3 is 2.38 bits per heavy atom. The van der Waals surface area contributed by atoms with Gasteiger partial charge in [-0.15, -0.1) is 0 Å². The van der Waals surface area contributed by atoms with Crippen LogP contribution < -0.4 is 5.32 Å². The number of nitrogens with one attached hydrogen (secondary N) is 1. The summed E-state index contributed by atoms with van der Waals surface area (Å²) in [5.74, 6) is 0. The van der Waals surface area contributed by atoms with E-state index in [-0.39, 0.29) is 16.0 Å². The first kappa shape index (κ1) is 19.0. The summed E-state index contributed by atoms with van der Waals surface area (Å²) in [4.78, 5) is 11.9. The van der Waals surface area contributed by atoms with Gasteiger partial charge in [0.1, 0.15) is 10.5 Å². The summed E-state index contributed by atoms with van der Waals surface area (Å²) in [5.41, 5.74) is -0.557. The van der Waals surface area contributed by atoms with Gasteiger partial charge in [0.2, 0.25) is 10.0 Å². The normalized spacial score (nSPS) is 17.5. The fraction of sp³-hybridized carbons (Fsp3) is 0.562. The van der Waals surface area contributed by atoms with Crippen molar-refractivity contribution in [2.45, 2.75) is 50.2 Å². The van der Waals surface area contributed by atoms with Crippen molar-refractivity contribution in [3.63, 3.8) is 0 Å². The van der Waals surface area contributed by atoms with Crippen molar-refractivity contribution in [1.82, 2.24) is 9.62 Å². The first-order valence-corrected chi connectivity index (χ1v) is 9.65. The fourth-order valence-corrected chi connectivity index (χ4v) is 4.47. The smallest absolute Gasteiger partial charge is 0.407 e. The molecule has 134 valence electrons. The molecule has 0 atom stereocenters. The Labute approximate surface area is 148 Å². The van der Waals surface area contributed by atoms with Crippen LogP contribution in [0.1, 0.15) is 33.6 Å². The molecule has 1 saturated heterocycles. The van der Waals surface area contributed by atoms with Crippen LogP contribution in [0.15, 0.2) is 29.2 Å². The zero-order chi connectivity index (χ0) is 18.0. The van der Waals surface area contributed by atoms with E-state index in [4.69, 9.17) is 16.3 Å². The van der Waals surface area contributed by atoms with E-state index in [9.17, 15) is 13.2 Å². The molecule has 1 aliphatic heterocycles. The highest BCUT2D eigenvalue weighted by Crippen LogP contribution is 2.26. The number of ether oxygens (including phenoxy) is 1. The molecule has 0 radical (unpaired) electrons. The molecule has 1 aromatic carbocycles. The second kappa shape index (κ2) is 7.29. The molecule has 0 saturated carbocycles. The maximum atomic E-state index is 12.7. The summed E-state index contributed by atoms with van der Waals surface area (Å²) in [7, 11) is -3.62. The number of carbonyl (C=O) groups is 1. The molecular formula is C16H23ClN2O4S. The van der Waals surface area contributed by atoms with Crippen LogP contribution in [0, 0.1) is 0 Å². The van der Waals surface area contributed by atoms with Crippen LogP contribution in [0.2, 0.25) is 5.02 Å². The quantitative estimate of drug-likeness (QED) is 0.882. The Morgan fingerprint density at radius 2 is 1.83 bits per heavy atom. The summed E-state index contributed by atoms with van der Waals surface area (Å²) < 4.78 is 31.9. The van der Waals surface area contributed by atoms with Gasteiger partial charge in [-0.3, -0.25) is 0 Å². The molecule has 0 spiro atoms. The molecule has 2 rings (SSSR count). The number of hydrogen-bond donors (Lipinski definition) is 1. The Morgan fingerprint density at radius 1 is 1.25 bits per heavy atom. The molecule has 0 aromatic heterocycles. The number of rotatable bonds is 3. The molecule has 0 unspecified atom stereocenters. The topological polar surface area (TPSA) is 75.7 Å². The third kappa shape index (κ3) is 4.84. The van der Waals surface area contributed by atoms with Crippen LogP contribution in [0.4, 0.5) is 4.79 Å². The zero-order valence-corrected chi connectivity index (χ0v) is 15.7. The fourth-order valence-electron chi connectivity index (χ4n) is 2.51. The average molecular weight is 375 g/mol. The summed E-state index contributed by atoms with van der Waals surface area (Å²) in [6.45, 7) is 6.05. The van der Waals surface area contributed by atoms with E-state index in [2.05, 4.69) is 5.32 Å². The van der Waals surface area contributed by atoms with Crippen LogP contribution in [0.25, 0.3) is 0 Å². The Bertz CT molecular complexity index is 692. The molecule has 1 N–H and O–H groups in total. The molecule has 0 bridgehead atoms. The number of sulfonamides is 1. The van der Waals surface area contributed by atoms with Gasteiger partial charge in [0.15, 0.2) is 0 Å². The minimum Gasteiger partial charge on any atom is -0.444 e. The number of hydrogen-bond acceptors (Lipinski definition) is 4. The first-order chi connectivity index (χ1) is 11.1. The van der Waals surface area contributed by atoms with Crippen LogP contribution >= 0.6 is 11.6 Å². The lowest BCUT2D eigenvalue weighted by Crippen LogP contribution is -2.47. The maximum absolute atomic E-state index is 12.7. The lowest BCUT2D eigenvalue weighted by Gasteiger charge is -2.32. The van der Waals surface area contributed by atoms with E-state index in [0.29, 0.717) is 25.9 Å². The average Bonchev–Trinajstić information content (AvgIpc) is 2.46. The monoisotopic (exact) mass is 374 g/mol. The van der Waals surface area contributed by atoms with Crippen LogP contribution in [0.5, 0.6) is 0 Å². The number of piperidine rings is 1. The number of amides is 1. The van der Waals surface area contributed by atoms with E-state index >= 15 is 0 Å². The minimum absolute atomic E-state index is 0.0995. The second-order valence-electron chi connectivity index (χ2n) is 6.76. The van der Waals surface area contributed by atoms with Crippen molar-refractivity contribution in [3.8, 4) is 0 Å². The van der Waals surface area contributed by atoms with Crippen molar-refractivity contribution in [2.24, 2.45) is 0 Å². The van der Waals surface area contributed by atoms with E-state index in [1.165, 1.54) is 10.4 Å². The van der Waals surface area contributed by atoms with E-state index in [1.54, 1.807) is 39.0 Å². The zero-order valence-electron chi connectivity index (χ0n) is 14.1. The summed E-state index contributed by atoms with van der Waals surface area (Å²) in [6.07, 6.45) is 0.584. The molecule has 8 heteroatoms. The molecule has 1 fully saturated rings. The first-order valence-electron chi connectivity index (χ1n) is 7.84. The predicted octanol–water partition coefficient (Wildman–Crippen LogP) is 3.02. The Hall–Kier alpha value is -1.31. The molecule has 1 aromatic rings. The number of alkyl carbamates (subject to hydrolysis) is 1. The van der Waals surface area contributed by atoms with Gasteiger partial charge in [-0.2, -0.15) is 4.31 Å². The van der Waals surface area contributed by atoms with Crippen molar-refractivity contribution < 1.29 is 17.9 Å². The number of nitrogens with zero attached hydrogens (tertiary/aromatic N) is 1. The Kier molecular flexibility index (Phi) is 5.78. The van der Waals surface area contributed by atoms with Crippen LogP contribution in [-0.4, -0.2) is 43.5 Å². The minimum atomic E-state index is -3.62. The van der Waals surface area contributed by atoms with Gasteiger partial charge in [0.05, 0.1) is 5.02 Å². The standard InChI is InChI=1S/C16H23ClN2O4S/c1-16(2,3)23-15(20)18-12-8-10-19(11-9-12)24(21,22)14-7-5-4-6-13(14)17/h4-7,12H,8-11H2,1-3H3,(H,18,20). The van der Waals surface area contributed by atoms with Gasteiger partial charge < -0.3 is 10.1 Å². The van der Waals surface area contributed by atoms with E-state index in [1.807, 2.05) is 0 Å². The molecular weight excluding hydrogens is 352 g/mol. The third-order valence-corrected chi connectivity index (χ3v) is 6.03. The number of carbonyl (C=O) groups excluding carboxylic acids is 1. The molecule has 0 aliphatic carbocycles. The molecule has 6 nitrogen and oxygen atoms in total. The van der Waals surface area contributed by atoms with Crippen molar-refractivity contribution >= 4 is 27.7 Å². The van der Waals surface area contributed by atoms with Gasteiger partial charge in [-0.25, -0.2) is 13.2 Å². The maximum Gasteiger partial charge on any atom is 0.407 e. The van der Waals surface area contributed by atoms with Crippen molar-refractivity contribution in [3.05, 3.63) is 29.3 Å². The van der Waals surface area contributed by atoms with Gasteiger partial charge in [-0.1, -0.05) is 23.7 Å². The summed E-state index contributed by atoms with van der Waals surface area (Å²) in [5, 5.41) is 3.00. The summed E-state index contributed by atoms with van der Waals surface area (Å²) in [6, 6.07) is 6.31. The van der Waals surface area contributed by atoms with Gasteiger partial charge in [-0.05, 0) is 45.7 Å². The van der Waals surface area contributed by atoms with Crippen molar-refractivity contribution in [2.75, 3.05) is 13.1 Å². The predicted molar refractivity (Wildman–Crippen MR) is 92.6 cm³/mol. The molecule has 1 amide bonds. The lowest BCUT2D eigenvalue weighted by atomic mass is 10.1. The lowest BCUT2D eigenvalue weighted by molar-refractivity contribution is 0.0489. The number of benzene rings is 1. The van der Waals surface area contributed by atoms with Gasteiger partial charge in [0.25, 0.3) is 0 Å². The SMILES string of the molecule is CC(C)(C)OC(=O)NC1CCN(S(=O)(=O)c2ccccc2Cl)CC1. The number of halogens is 1.